The van der Waals surface area contributed by atoms with Crippen molar-refractivity contribution in [2.45, 2.75) is 18.7 Å². The number of nitro groups is 1. The van der Waals surface area contributed by atoms with Crippen molar-refractivity contribution in [1.82, 2.24) is 0 Å². The van der Waals surface area contributed by atoms with Gasteiger partial charge in [0.25, 0.3) is 21.6 Å². The van der Waals surface area contributed by atoms with Crippen molar-refractivity contribution in [3.8, 4) is 0 Å². The lowest BCUT2D eigenvalue weighted by Crippen LogP contribution is -2.27. The van der Waals surface area contributed by atoms with Gasteiger partial charge in [0.2, 0.25) is 0 Å². The molecule has 9 heteroatoms. The normalized spacial score (nSPS) is 11.1. The zero-order valence-corrected chi connectivity index (χ0v) is 18.0. The molecule has 0 aliphatic rings. The molecule has 0 aliphatic heterocycles. The Balaban J connectivity index is 1.91. The minimum atomic E-state index is -3.91. The first-order valence-corrected chi connectivity index (χ1v) is 10.8. The number of para-hydroxylation sites is 1. The molecule has 160 valence electrons. The Morgan fingerprint density at radius 1 is 1.00 bits per heavy atom. The second kappa shape index (κ2) is 8.57. The lowest BCUT2D eigenvalue weighted by atomic mass is 10.1. The number of nitrogens with zero attached hydrogens (tertiary/aromatic N) is 2. The van der Waals surface area contributed by atoms with Crippen LogP contribution in [0.3, 0.4) is 0 Å². The second-order valence-corrected chi connectivity index (χ2v) is 8.92. The quantitative estimate of drug-likeness (QED) is 0.455. The molecule has 0 saturated heterocycles. The van der Waals surface area contributed by atoms with E-state index in [9.17, 15) is 23.3 Å². The van der Waals surface area contributed by atoms with Crippen LogP contribution in [-0.4, -0.2) is 26.3 Å². The van der Waals surface area contributed by atoms with Crippen molar-refractivity contribution < 1.29 is 18.1 Å². The molecule has 0 fully saturated rings. The van der Waals surface area contributed by atoms with Gasteiger partial charge >= 0.3 is 0 Å². The van der Waals surface area contributed by atoms with Crippen LogP contribution < -0.4 is 9.62 Å². The Bertz CT molecular complexity index is 1270. The number of carbonyl (C=O) groups is 1. The van der Waals surface area contributed by atoms with Crippen molar-refractivity contribution in [3.63, 3.8) is 0 Å². The SMILES string of the molecule is Cc1ccccc1N(C)S(=O)(=O)c1cccc(C(=O)Nc2cccc([N+](=O)[O-])c2C)c1. The Labute approximate surface area is 180 Å². The molecular weight excluding hydrogens is 418 g/mol. The van der Waals surface area contributed by atoms with E-state index < -0.39 is 20.9 Å². The number of sulfonamides is 1. The summed E-state index contributed by atoms with van der Waals surface area (Å²) in [6, 6.07) is 17.1. The first-order valence-electron chi connectivity index (χ1n) is 9.33. The molecule has 0 unspecified atom stereocenters. The number of rotatable bonds is 6. The summed E-state index contributed by atoms with van der Waals surface area (Å²) in [6.45, 7) is 3.35. The maximum atomic E-state index is 13.1. The Morgan fingerprint density at radius 2 is 1.68 bits per heavy atom. The fraction of sp³-hybridized carbons (Fsp3) is 0.136. The van der Waals surface area contributed by atoms with Crippen molar-refractivity contribution in [2.24, 2.45) is 0 Å². The van der Waals surface area contributed by atoms with Gasteiger partial charge in [0, 0.05) is 18.7 Å². The highest BCUT2D eigenvalue weighted by Crippen LogP contribution is 2.27. The van der Waals surface area contributed by atoms with Crippen LogP contribution in [0.5, 0.6) is 0 Å². The van der Waals surface area contributed by atoms with Gasteiger partial charge in [0.05, 0.1) is 26.8 Å². The van der Waals surface area contributed by atoms with Crippen LogP contribution in [0.2, 0.25) is 0 Å². The van der Waals surface area contributed by atoms with Crippen LogP contribution in [-0.2, 0) is 10.0 Å². The lowest BCUT2D eigenvalue weighted by Gasteiger charge is -2.21. The van der Waals surface area contributed by atoms with Gasteiger partial charge in [-0.3, -0.25) is 19.2 Å². The van der Waals surface area contributed by atoms with Crippen molar-refractivity contribution in [1.29, 1.82) is 0 Å². The van der Waals surface area contributed by atoms with Gasteiger partial charge in [0.15, 0.2) is 0 Å². The highest BCUT2D eigenvalue weighted by Gasteiger charge is 2.24. The molecule has 1 N–H and O–H groups in total. The summed E-state index contributed by atoms with van der Waals surface area (Å²) in [6.07, 6.45) is 0. The monoisotopic (exact) mass is 439 g/mol. The van der Waals surface area contributed by atoms with E-state index in [1.54, 1.807) is 18.2 Å². The summed E-state index contributed by atoms with van der Waals surface area (Å²) < 4.78 is 27.4. The lowest BCUT2D eigenvalue weighted by molar-refractivity contribution is -0.385. The van der Waals surface area contributed by atoms with Crippen LogP contribution in [0.25, 0.3) is 0 Å². The molecule has 0 bridgehead atoms. The minimum Gasteiger partial charge on any atom is -0.321 e. The van der Waals surface area contributed by atoms with Gasteiger partial charge < -0.3 is 5.32 Å². The molecule has 0 aromatic heterocycles. The van der Waals surface area contributed by atoms with E-state index in [1.807, 2.05) is 19.1 Å². The highest BCUT2D eigenvalue weighted by atomic mass is 32.2. The van der Waals surface area contributed by atoms with E-state index in [2.05, 4.69) is 5.32 Å². The molecule has 3 aromatic carbocycles. The molecule has 0 atom stereocenters. The molecule has 8 nitrogen and oxygen atoms in total. The molecular formula is C22H21N3O5S. The number of nitro benzene ring substituents is 1. The van der Waals surface area contributed by atoms with E-state index in [-0.39, 0.29) is 21.8 Å². The number of benzene rings is 3. The average Bonchev–Trinajstić information content (AvgIpc) is 2.75. The zero-order chi connectivity index (χ0) is 22.8. The third-order valence-corrected chi connectivity index (χ3v) is 6.73. The van der Waals surface area contributed by atoms with Gasteiger partial charge in [-0.05, 0) is 49.7 Å². The fourth-order valence-electron chi connectivity index (χ4n) is 3.15. The summed E-state index contributed by atoms with van der Waals surface area (Å²) in [7, 11) is -2.45. The third-order valence-electron chi connectivity index (χ3n) is 4.96. The van der Waals surface area contributed by atoms with E-state index in [1.165, 1.54) is 54.7 Å². The number of hydrogen-bond donors (Lipinski definition) is 1. The number of amides is 1. The van der Waals surface area contributed by atoms with Gasteiger partial charge in [-0.2, -0.15) is 0 Å². The molecule has 3 aromatic rings. The standard InChI is InChI=1S/C22H21N3O5S/c1-15-8-4-5-12-20(15)24(3)31(29,30)18-10-6-9-17(14-18)22(26)23-19-11-7-13-21(16(19)2)25(27)28/h4-14H,1-3H3,(H,23,26). The largest absolute Gasteiger partial charge is 0.321 e. The van der Waals surface area contributed by atoms with E-state index in [0.717, 1.165) is 5.56 Å². The number of hydrogen-bond acceptors (Lipinski definition) is 5. The molecule has 0 aliphatic carbocycles. The molecule has 0 saturated carbocycles. The number of carbonyl (C=O) groups excluding carboxylic acids is 1. The topological polar surface area (TPSA) is 110 Å². The van der Waals surface area contributed by atoms with Crippen LogP contribution in [0.4, 0.5) is 17.1 Å². The van der Waals surface area contributed by atoms with E-state index in [0.29, 0.717) is 11.3 Å². The van der Waals surface area contributed by atoms with Crippen molar-refractivity contribution in [3.05, 3.63) is 93.5 Å². The maximum absolute atomic E-state index is 13.1. The minimum absolute atomic E-state index is 0.0401. The van der Waals surface area contributed by atoms with E-state index in [4.69, 9.17) is 0 Å². The molecule has 3 rings (SSSR count). The fourth-order valence-corrected chi connectivity index (χ4v) is 4.46. The van der Waals surface area contributed by atoms with Crippen LogP contribution in [0.15, 0.2) is 71.6 Å². The molecule has 31 heavy (non-hydrogen) atoms. The van der Waals surface area contributed by atoms with Gasteiger partial charge in [-0.1, -0.05) is 30.3 Å². The average molecular weight is 439 g/mol. The zero-order valence-electron chi connectivity index (χ0n) is 17.2. The van der Waals surface area contributed by atoms with Crippen LogP contribution in [0.1, 0.15) is 21.5 Å². The van der Waals surface area contributed by atoms with Gasteiger partial charge in [-0.25, -0.2) is 8.42 Å². The van der Waals surface area contributed by atoms with Crippen LogP contribution in [0, 0.1) is 24.0 Å². The van der Waals surface area contributed by atoms with Crippen LogP contribution >= 0.6 is 0 Å². The number of aryl methyl sites for hydroxylation is 1. The predicted molar refractivity (Wildman–Crippen MR) is 119 cm³/mol. The summed E-state index contributed by atoms with van der Waals surface area (Å²) in [4.78, 5) is 23.3. The van der Waals surface area contributed by atoms with Crippen molar-refractivity contribution in [2.75, 3.05) is 16.7 Å². The summed E-state index contributed by atoms with van der Waals surface area (Å²) in [5.74, 6) is -0.570. The van der Waals surface area contributed by atoms with Gasteiger partial charge in [0.1, 0.15) is 0 Å². The summed E-state index contributed by atoms with van der Waals surface area (Å²) in [5.41, 5.74) is 1.92. The molecule has 0 radical (unpaired) electrons. The van der Waals surface area contributed by atoms with E-state index >= 15 is 0 Å². The number of anilines is 2. The van der Waals surface area contributed by atoms with Gasteiger partial charge in [-0.15, -0.1) is 0 Å². The summed E-state index contributed by atoms with van der Waals surface area (Å²) >= 11 is 0. The highest BCUT2D eigenvalue weighted by molar-refractivity contribution is 7.92. The Kier molecular flexibility index (Phi) is 6.07. The molecule has 1 amide bonds. The Morgan fingerprint density at radius 3 is 2.35 bits per heavy atom. The maximum Gasteiger partial charge on any atom is 0.274 e. The smallest absolute Gasteiger partial charge is 0.274 e. The molecule has 0 heterocycles. The third kappa shape index (κ3) is 4.41. The summed E-state index contributed by atoms with van der Waals surface area (Å²) in [5, 5.41) is 13.7. The number of nitrogens with one attached hydrogen (secondary N) is 1. The van der Waals surface area contributed by atoms with Crippen molar-refractivity contribution >= 4 is 33.0 Å². The molecule has 0 spiro atoms. The Hall–Kier alpha value is -3.72. The first-order chi connectivity index (χ1) is 14.6. The predicted octanol–water partition coefficient (Wildman–Crippen LogP) is 4.29. The first kappa shape index (κ1) is 22.0. The second-order valence-electron chi connectivity index (χ2n) is 6.95.